The maximum absolute atomic E-state index is 13.5. The Bertz CT molecular complexity index is 1190. The Morgan fingerprint density at radius 2 is 1.76 bits per heavy atom. The SMILES string of the molecule is COc1ccc(/C=C/C(=O)c2ccc(C(C)C)cc2)cc1Cn1nc(C(F)F)c(Cl)c1C(F)F. The van der Waals surface area contributed by atoms with Crippen LogP contribution in [0.5, 0.6) is 5.75 Å². The topological polar surface area (TPSA) is 44.1 Å². The first-order valence-corrected chi connectivity index (χ1v) is 10.8. The highest BCUT2D eigenvalue weighted by Crippen LogP contribution is 2.35. The fourth-order valence-corrected chi connectivity index (χ4v) is 3.73. The Labute approximate surface area is 199 Å². The predicted molar refractivity (Wildman–Crippen MR) is 123 cm³/mol. The molecule has 0 bridgehead atoms. The molecule has 4 nitrogen and oxygen atoms in total. The molecule has 0 aliphatic heterocycles. The van der Waals surface area contributed by atoms with Gasteiger partial charge in [-0.05, 0) is 35.3 Å². The number of ketones is 1. The lowest BCUT2D eigenvalue weighted by atomic mass is 10.00. The summed E-state index contributed by atoms with van der Waals surface area (Å²) in [5.74, 6) is 0.496. The molecule has 9 heteroatoms. The summed E-state index contributed by atoms with van der Waals surface area (Å²) in [4.78, 5) is 12.5. The van der Waals surface area contributed by atoms with Gasteiger partial charge >= 0.3 is 0 Å². The molecule has 2 aromatic carbocycles. The van der Waals surface area contributed by atoms with E-state index in [1.54, 1.807) is 36.4 Å². The number of methoxy groups -OCH3 is 1. The van der Waals surface area contributed by atoms with Gasteiger partial charge in [0.2, 0.25) is 0 Å². The van der Waals surface area contributed by atoms with Gasteiger partial charge in [-0.25, -0.2) is 17.6 Å². The summed E-state index contributed by atoms with van der Waals surface area (Å²) in [6.45, 7) is 3.85. The average Bonchev–Trinajstić information content (AvgIpc) is 3.13. The van der Waals surface area contributed by atoms with Crippen LogP contribution in [0.1, 0.15) is 71.1 Å². The molecule has 1 heterocycles. The molecule has 0 saturated carbocycles. The lowest BCUT2D eigenvalue weighted by Crippen LogP contribution is -2.08. The van der Waals surface area contributed by atoms with E-state index in [0.29, 0.717) is 28.4 Å². The van der Waals surface area contributed by atoms with Gasteiger partial charge < -0.3 is 4.74 Å². The van der Waals surface area contributed by atoms with E-state index in [4.69, 9.17) is 16.3 Å². The number of ether oxygens (including phenoxy) is 1. The van der Waals surface area contributed by atoms with Crippen molar-refractivity contribution < 1.29 is 27.1 Å². The van der Waals surface area contributed by atoms with Crippen molar-refractivity contribution in [2.24, 2.45) is 0 Å². The van der Waals surface area contributed by atoms with Crippen LogP contribution in [0.25, 0.3) is 6.08 Å². The van der Waals surface area contributed by atoms with Crippen LogP contribution in [0.15, 0.2) is 48.5 Å². The van der Waals surface area contributed by atoms with Crippen LogP contribution < -0.4 is 4.74 Å². The molecule has 0 amide bonds. The minimum absolute atomic E-state index is 0.201. The van der Waals surface area contributed by atoms with E-state index in [1.165, 1.54) is 13.2 Å². The number of hydrogen-bond acceptors (Lipinski definition) is 3. The molecule has 0 radical (unpaired) electrons. The Morgan fingerprint density at radius 3 is 2.32 bits per heavy atom. The third-order valence-corrected chi connectivity index (χ3v) is 5.67. The number of benzene rings is 2. The van der Waals surface area contributed by atoms with Gasteiger partial charge in [0, 0.05) is 11.1 Å². The van der Waals surface area contributed by atoms with Crippen molar-refractivity contribution in [3.05, 3.63) is 87.2 Å². The monoisotopic (exact) mass is 494 g/mol. The van der Waals surface area contributed by atoms with E-state index in [1.807, 2.05) is 12.1 Å². The van der Waals surface area contributed by atoms with Gasteiger partial charge in [0.15, 0.2) is 5.78 Å². The molecule has 0 aliphatic rings. The van der Waals surface area contributed by atoms with Crippen molar-refractivity contribution in [3.8, 4) is 5.75 Å². The Balaban J connectivity index is 1.88. The van der Waals surface area contributed by atoms with E-state index in [0.717, 1.165) is 10.2 Å². The van der Waals surface area contributed by atoms with E-state index in [-0.39, 0.29) is 12.3 Å². The lowest BCUT2D eigenvalue weighted by Gasteiger charge is -2.12. The van der Waals surface area contributed by atoms with Gasteiger partial charge in [0.05, 0.1) is 18.7 Å². The molecule has 0 unspecified atom stereocenters. The minimum atomic E-state index is -3.10. The van der Waals surface area contributed by atoms with Crippen molar-refractivity contribution in [1.29, 1.82) is 0 Å². The second kappa shape index (κ2) is 10.9. The highest BCUT2D eigenvalue weighted by molar-refractivity contribution is 6.32. The Kier molecular flexibility index (Phi) is 8.15. The zero-order valence-electron chi connectivity index (χ0n) is 18.7. The van der Waals surface area contributed by atoms with Crippen LogP contribution in [0.3, 0.4) is 0 Å². The summed E-state index contributed by atoms with van der Waals surface area (Å²) in [5, 5.41) is 2.84. The largest absolute Gasteiger partial charge is 0.496 e. The number of halogens is 5. The van der Waals surface area contributed by atoms with Crippen LogP contribution in [-0.4, -0.2) is 22.7 Å². The van der Waals surface area contributed by atoms with Crippen molar-refractivity contribution >= 4 is 23.5 Å². The quantitative estimate of drug-likeness (QED) is 0.176. The maximum Gasteiger partial charge on any atom is 0.283 e. The van der Waals surface area contributed by atoms with Crippen molar-refractivity contribution in [3.63, 3.8) is 0 Å². The van der Waals surface area contributed by atoms with Gasteiger partial charge in [-0.3, -0.25) is 9.48 Å². The number of aromatic nitrogens is 2. The van der Waals surface area contributed by atoms with Gasteiger partial charge in [0.1, 0.15) is 17.1 Å². The predicted octanol–water partition coefficient (Wildman–Crippen LogP) is 7.49. The molecule has 1 aromatic heterocycles. The number of nitrogens with zero attached hydrogens (tertiary/aromatic N) is 2. The highest BCUT2D eigenvalue weighted by atomic mass is 35.5. The minimum Gasteiger partial charge on any atom is -0.496 e. The maximum atomic E-state index is 13.5. The lowest BCUT2D eigenvalue weighted by molar-refractivity contribution is 0.104. The Morgan fingerprint density at radius 1 is 1.09 bits per heavy atom. The summed E-state index contributed by atoms with van der Waals surface area (Å²) in [5.41, 5.74) is 0.953. The van der Waals surface area contributed by atoms with Gasteiger partial charge in [-0.1, -0.05) is 61.9 Å². The normalized spacial score (nSPS) is 11.9. The standard InChI is InChI=1S/C25H23ClF4N2O2/c1-14(2)16-6-8-17(9-7-16)19(33)10-4-15-5-11-20(34-3)18(12-15)13-32-23(25(29)30)21(26)22(31-32)24(27)28/h4-12,14,24-25H,13H2,1-3H3/b10-4+. The van der Waals surface area contributed by atoms with E-state index in [9.17, 15) is 22.4 Å². The molecular formula is C25H23ClF4N2O2. The van der Waals surface area contributed by atoms with Crippen LogP contribution in [0.2, 0.25) is 5.02 Å². The summed E-state index contributed by atoms with van der Waals surface area (Å²) in [6.07, 6.45) is -3.21. The van der Waals surface area contributed by atoms with Crippen LogP contribution in [0.4, 0.5) is 17.6 Å². The first-order valence-electron chi connectivity index (χ1n) is 10.4. The number of alkyl halides is 4. The first kappa shape index (κ1) is 25.5. The molecule has 0 atom stereocenters. The zero-order valence-corrected chi connectivity index (χ0v) is 19.5. The molecule has 3 rings (SSSR count). The molecule has 3 aromatic rings. The molecule has 0 aliphatic carbocycles. The molecule has 34 heavy (non-hydrogen) atoms. The smallest absolute Gasteiger partial charge is 0.283 e. The van der Waals surface area contributed by atoms with Gasteiger partial charge in [-0.15, -0.1) is 0 Å². The number of hydrogen-bond donors (Lipinski definition) is 0. The van der Waals surface area contributed by atoms with Gasteiger partial charge in [-0.2, -0.15) is 5.10 Å². The fraction of sp³-hybridized carbons (Fsp3) is 0.280. The molecule has 0 saturated heterocycles. The van der Waals surface area contributed by atoms with Crippen LogP contribution >= 0.6 is 11.6 Å². The summed E-state index contributed by atoms with van der Waals surface area (Å²) < 4.78 is 59.3. The summed E-state index contributed by atoms with van der Waals surface area (Å²) in [6, 6.07) is 12.2. The number of carbonyl (C=O) groups excluding carboxylic acids is 1. The number of rotatable bonds is 9. The van der Waals surface area contributed by atoms with Crippen LogP contribution in [0, 0.1) is 0 Å². The van der Waals surface area contributed by atoms with Gasteiger partial charge in [0.25, 0.3) is 12.9 Å². The number of allylic oxidation sites excluding steroid dienone is 1. The second-order valence-electron chi connectivity index (χ2n) is 7.89. The highest BCUT2D eigenvalue weighted by Gasteiger charge is 2.28. The first-order chi connectivity index (χ1) is 16.1. The van der Waals surface area contributed by atoms with E-state index < -0.39 is 29.3 Å². The third kappa shape index (κ3) is 5.67. The second-order valence-corrected chi connectivity index (χ2v) is 8.27. The fourth-order valence-electron chi connectivity index (χ4n) is 3.43. The summed E-state index contributed by atoms with van der Waals surface area (Å²) >= 11 is 5.74. The molecule has 0 fully saturated rings. The Hall–Kier alpha value is -3.13. The van der Waals surface area contributed by atoms with Crippen molar-refractivity contribution in [1.82, 2.24) is 9.78 Å². The summed E-state index contributed by atoms with van der Waals surface area (Å²) in [7, 11) is 1.40. The van der Waals surface area contributed by atoms with Crippen molar-refractivity contribution in [2.45, 2.75) is 39.2 Å². The van der Waals surface area contributed by atoms with Crippen LogP contribution in [-0.2, 0) is 6.54 Å². The van der Waals surface area contributed by atoms with E-state index in [2.05, 4.69) is 18.9 Å². The number of carbonyl (C=O) groups is 1. The van der Waals surface area contributed by atoms with E-state index >= 15 is 0 Å². The third-order valence-electron chi connectivity index (χ3n) is 5.28. The molecule has 0 N–H and O–H groups in total. The molecule has 180 valence electrons. The molecular weight excluding hydrogens is 472 g/mol. The zero-order chi connectivity index (χ0) is 25.0. The molecule has 0 spiro atoms. The average molecular weight is 495 g/mol. The van der Waals surface area contributed by atoms with Crippen molar-refractivity contribution in [2.75, 3.05) is 7.11 Å².